The van der Waals surface area contributed by atoms with Crippen LogP contribution in [0.1, 0.15) is 47.7 Å². The molecule has 0 aliphatic rings. The highest BCUT2D eigenvalue weighted by atomic mass is 32.1. The van der Waals surface area contributed by atoms with Crippen molar-refractivity contribution < 1.29 is 4.79 Å². The minimum Gasteiger partial charge on any atom is -0.397 e. The Labute approximate surface area is 123 Å². The summed E-state index contributed by atoms with van der Waals surface area (Å²) in [6, 6.07) is 4.05. The Balaban J connectivity index is 2.09. The first-order valence-corrected chi connectivity index (χ1v) is 7.71. The van der Waals surface area contributed by atoms with Crippen LogP contribution < -0.4 is 11.1 Å². The predicted octanol–water partition coefficient (Wildman–Crippen LogP) is 3.21. The summed E-state index contributed by atoms with van der Waals surface area (Å²) in [5.74, 6) is -0.0779. The van der Waals surface area contributed by atoms with E-state index in [0.29, 0.717) is 17.9 Å². The zero-order chi connectivity index (χ0) is 14.7. The number of amides is 1. The standard InChI is InChI=1S/C15H21N3OS/c1-4-11-5-6-20-14(11)8-17-15(19)13-7-12(16)9-18(13)10(2)3/h5-7,9-10H,4,8,16H2,1-3H3,(H,17,19). The minimum absolute atomic E-state index is 0.0779. The number of nitrogens with zero attached hydrogens (tertiary/aromatic N) is 1. The van der Waals surface area contributed by atoms with Gasteiger partial charge in [0.15, 0.2) is 0 Å². The Hall–Kier alpha value is -1.75. The summed E-state index contributed by atoms with van der Waals surface area (Å²) in [5.41, 5.74) is 8.33. The number of anilines is 1. The second-order valence-electron chi connectivity index (χ2n) is 5.06. The summed E-state index contributed by atoms with van der Waals surface area (Å²) in [6.07, 6.45) is 2.80. The number of thiophene rings is 1. The molecule has 108 valence electrons. The summed E-state index contributed by atoms with van der Waals surface area (Å²) in [5, 5.41) is 5.04. The Morgan fingerprint density at radius 2 is 2.25 bits per heavy atom. The van der Waals surface area contributed by atoms with Crippen molar-refractivity contribution in [2.75, 3.05) is 5.73 Å². The van der Waals surface area contributed by atoms with Gasteiger partial charge in [-0.15, -0.1) is 11.3 Å². The maximum Gasteiger partial charge on any atom is 0.268 e. The molecule has 0 aliphatic heterocycles. The molecule has 0 saturated heterocycles. The number of rotatable bonds is 5. The number of nitrogens with one attached hydrogen (secondary N) is 1. The van der Waals surface area contributed by atoms with Crippen molar-refractivity contribution in [3.8, 4) is 0 Å². The average molecular weight is 291 g/mol. The molecular weight excluding hydrogens is 270 g/mol. The highest BCUT2D eigenvalue weighted by Gasteiger charge is 2.15. The molecule has 0 fully saturated rings. The lowest BCUT2D eigenvalue weighted by Gasteiger charge is -2.12. The quantitative estimate of drug-likeness (QED) is 0.888. The molecule has 0 bridgehead atoms. The molecular formula is C15H21N3OS. The van der Waals surface area contributed by atoms with Crippen LogP contribution in [-0.2, 0) is 13.0 Å². The van der Waals surface area contributed by atoms with Gasteiger partial charge >= 0.3 is 0 Å². The van der Waals surface area contributed by atoms with E-state index < -0.39 is 0 Å². The van der Waals surface area contributed by atoms with E-state index in [1.165, 1.54) is 10.4 Å². The van der Waals surface area contributed by atoms with Crippen LogP contribution >= 0.6 is 11.3 Å². The molecule has 3 N–H and O–H groups in total. The molecule has 2 heterocycles. The van der Waals surface area contributed by atoms with Crippen LogP contribution in [0.5, 0.6) is 0 Å². The molecule has 0 aromatic carbocycles. The molecule has 0 saturated carbocycles. The predicted molar refractivity (Wildman–Crippen MR) is 84.1 cm³/mol. The first kappa shape index (κ1) is 14.7. The number of carbonyl (C=O) groups excluding carboxylic acids is 1. The summed E-state index contributed by atoms with van der Waals surface area (Å²) in [7, 11) is 0. The van der Waals surface area contributed by atoms with Gasteiger partial charge in [-0.25, -0.2) is 0 Å². The number of hydrogen-bond acceptors (Lipinski definition) is 3. The fourth-order valence-corrected chi connectivity index (χ4v) is 3.11. The van der Waals surface area contributed by atoms with Gasteiger partial charge in [-0.1, -0.05) is 6.92 Å². The van der Waals surface area contributed by atoms with E-state index in [0.717, 1.165) is 6.42 Å². The molecule has 1 amide bonds. The lowest BCUT2D eigenvalue weighted by molar-refractivity contribution is 0.0940. The molecule has 5 heteroatoms. The number of nitrogens with two attached hydrogens (primary N) is 1. The summed E-state index contributed by atoms with van der Waals surface area (Å²) < 4.78 is 1.90. The molecule has 0 spiro atoms. The number of aromatic nitrogens is 1. The van der Waals surface area contributed by atoms with Gasteiger partial charge in [0.1, 0.15) is 5.69 Å². The van der Waals surface area contributed by atoms with E-state index >= 15 is 0 Å². The monoisotopic (exact) mass is 291 g/mol. The number of hydrogen-bond donors (Lipinski definition) is 2. The highest BCUT2D eigenvalue weighted by Crippen LogP contribution is 2.19. The fraction of sp³-hybridized carbons (Fsp3) is 0.400. The smallest absolute Gasteiger partial charge is 0.268 e. The third kappa shape index (κ3) is 3.04. The van der Waals surface area contributed by atoms with Crippen molar-refractivity contribution in [1.29, 1.82) is 0 Å². The molecule has 0 unspecified atom stereocenters. The maximum atomic E-state index is 12.3. The molecule has 4 nitrogen and oxygen atoms in total. The Morgan fingerprint density at radius 1 is 1.50 bits per heavy atom. The molecule has 0 radical (unpaired) electrons. The van der Waals surface area contributed by atoms with Gasteiger partial charge in [-0.2, -0.15) is 0 Å². The van der Waals surface area contributed by atoms with Crippen LogP contribution in [-0.4, -0.2) is 10.5 Å². The van der Waals surface area contributed by atoms with Crippen molar-refractivity contribution in [2.45, 2.75) is 39.8 Å². The second kappa shape index (κ2) is 6.13. The van der Waals surface area contributed by atoms with Gasteiger partial charge in [-0.3, -0.25) is 4.79 Å². The minimum atomic E-state index is -0.0779. The molecule has 20 heavy (non-hydrogen) atoms. The summed E-state index contributed by atoms with van der Waals surface area (Å²) >= 11 is 1.68. The van der Waals surface area contributed by atoms with E-state index in [1.54, 1.807) is 17.4 Å². The van der Waals surface area contributed by atoms with Gasteiger partial charge in [0, 0.05) is 17.1 Å². The van der Waals surface area contributed by atoms with E-state index in [4.69, 9.17) is 5.73 Å². The van der Waals surface area contributed by atoms with Crippen molar-refractivity contribution in [3.05, 3.63) is 39.8 Å². The van der Waals surface area contributed by atoms with E-state index in [9.17, 15) is 4.79 Å². The largest absolute Gasteiger partial charge is 0.397 e. The molecule has 0 atom stereocenters. The van der Waals surface area contributed by atoms with Crippen molar-refractivity contribution in [2.24, 2.45) is 0 Å². The van der Waals surface area contributed by atoms with Gasteiger partial charge in [0.05, 0.1) is 12.2 Å². The lowest BCUT2D eigenvalue weighted by atomic mass is 10.2. The van der Waals surface area contributed by atoms with Crippen LogP contribution in [0.2, 0.25) is 0 Å². The normalized spacial score (nSPS) is 11.0. The zero-order valence-corrected chi connectivity index (χ0v) is 13.0. The van der Waals surface area contributed by atoms with Crippen LogP contribution in [0.25, 0.3) is 0 Å². The zero-order valence-electron chi connectivity index (χ0n) is 12.1. The fourth-order valence-electron chi connectivity index (χ4n) is 2.20. The number of aryl methyl sites for hydroxylation is 1. The van der Waals surface area contributed by atoms with Crippen molar-refractivity contribution in [3.63, 3.8) is 0 Å². The van der Waals surface area contributed by atoms with E-state index in [2.05, 4.69) is 23.7 Å². The molecule has 2 rings (SSSR count). The van der Waals surface area contributed by atoms with Gasteiger partial charge in [0.25, 0.3) is 5.91 Å². The van der Waals surface area contributed by atoms with Crippen LogP contribution in [0.3, 0.4) is 0 Å². The van der Waals surface area contributed by atoms with Gasteiger partial charge < -0.3 is 15.6 Å². The molecule has 2 aromatic heterocycles. The van der Waals surface area contributed by atoms with Crippen LogP contribution in [0.4, 0.5) is 5.69 Å². The first-order valence-electron chi connectivity index (χ1n) is 6.83. The third-order valence-electron chi connectivity index (χ3n) is 3.29. The Kier molecular flexibility index (Phi) is 4.49. The van der Waals surface area contributed by atoms with Crippen LogP contribution in [0, 0.1) is 0 Å². The topological polar surface area (TPSA) is 60.1 Å². The lowest BCUT2D eigenvalue weighted by Crippen LogP contribution is -2.25. The SMILES string of the molecule is CCc1ccsc1CNC(=O)c1cc(N)cn1C(C)C. The van der Waals surface area contributed by atoms with E-state index in [1.807, 2.05) is 24.6 Å². The summed E-state index contributed by atoms with van der Waals surface area (Å²) in [4.78, 5) is 13.5. The average Bonchev–Trinajstić information content (AvgIpc) is 3.01. The second-order valence-corrected chi connectivity index (χ2v) is 6.07. The number of carbonyl (C=O) groups is 1. The Morgan fingerprint density at radius 3 is 2.90 bits per heavy atom. The van der Waals surface area contributed by atoms with Crippen molar-refractivity contribution >= 4 is 22.9 Å². The van der Waals surface area contributed by atoms with Gasteiger partial charge in [0.2, 0.25) is 0 Å². The Bertz CT molecular complexity index is 598. The summed E-state index contributed by atoms with van der Waals surface area (Å²) in [6.45, 7) is 6.76. The number of nitrogen functional groups attached to an aromatic ring is 1. The van der Waals surface area contributed by atoms with Crippen molar-refractivity contribution in [1.82, 2.24) is 9.88 Å². The maximum absolute atomic E-state index is 12.3. The first-order chi connectivity index (χ1) is 9.52. The van der Waals surface area contributed by atoms with Crippen LogP contribution in [0.15, 0.2) is 23.7 Å². The van der Waals surface area contributed by atoms with E-state index in [-0.39, 0.29) is 11.9 Å². The highest BCUT2D eigenvalue weighted by molar-refractivity contribution is 7.10. The molecule has 2 aromatic rings. The third-order valence-corrected chi connectivity index (χ3v) is 4.25. The van der Waals surface area contributed by atoms with Gasteiger partial charge in [-0.05, 0) is 43.3 Å². The molecule has 0 aliphatic carbocycles.